The maximum absolute atomic E-state index is 7.07. The highest BCUT2D eigenvalue weighted by Crippen LogP contribution is 2.57. The molecule has 0 spiro atoms. The van der Waals surface area contributed by atoms with Gasteiger partial charge in [-0.05, 0) is 87.8 Å². The van der Waals surface area contributed by atoms with Crippen molar-refractivity contribution in [2.24, 2.45) is 17.3 Å². The molecule has 0 aromatic rings. The van der Waals surface area contributed by atoms with Crippen LogP contribution in [-0.2, 0) is 13.9 Å². The van der Waals surface area contributed by atoms with Gasteiger partial charge >= 0.3 is 0 Å². The lowest BCUT2D eigenvalue weighted by Crippen LogP contribution is -2.49. The SMILES string of the molecule is CCCCC(CCCC(C)(C)OCOC)C1=CCC2[C@@H](O[Si](C)(C)C(C)(C)C)CCC[C@]12C. The Kier molecular flexibility index (Phi) is 10.3. The second-order valence-electron chi connectivity index (χ2n) is 13.3. The summed E-state index contributed by atoms with van der Waals surface area (Å²) in [5.41, 5.74) is 1.99. The fraction of sp³-hybridized carbons (Fsp3) is 0.931. The predicted molar refractivity (Wildman–Crippen MR) is 144 cm³/mol. The monoisotopic (exact) mass is 480 g/mol. The molecule has 194 valence electrons. The number of hydrogen-bond donors (Lipinski definition) is 0. The van der Waals surface area contributed by atoms with E-state index < -0.39 is 8.32 Å². The zero-order valence-electron chi connectivity index (χ0n) is 23.8. The molecule has 0 amide bonds. The highest BCUT2D eigenvalue weighted by Gasteiger charge is 2.51. The standard InChI is InChI=1S/C29H56O3Si/c1-11-12-15-23(16-13-20-28(5,6)31-22-30-8)24-18-19-25-26(17-14-21-29(24,25)7)32-33(9,10)27(2,3)4/h18,23,25-26H,11-17,19-22H2,1-10H3/t23?,25?,26-,29+/m0/s1. The normalized spacial score (nSPS) is 27.4. The first-order valence-corrected chi connectivity index (χ1v) is 16.7. The van der Waals surface area contributed by atoms with Gasteiger partial charge in [0.2, 0.25) is 0 Å². The third-order valence-electron chi connectivity index (χ3n) is 9.20. The van der Waals surface area contributed by atoms with Gasteiger partial charge < -0.3 is 13.9 Å². The Morgan fingerprint density at radius 3 is 2.39 bits per heavy atom. The summed E-state index contributed by atoms with van der Waals surface area (Å²) in [5.74, 6) is 1.38. The van der Waals surface area contributed by atoms with Gasteiger partial charge in [0.25, 0.3) is 0 Å². The number of unbranched alkanes of at least 4 members (excludes halogenated alkanes) is 1. The minimum atomic E-state index is -1.76. The minimum Gasteiger partial charge on any atom is -0.414 e. The molecule has 4 heteroatoms. The van der Waals surface area contributed by atoms with Crippen LogP contribution >= 0.6 is 0 Å². The number of hydrogen-bond acceptors (Lipinski definition) is 3. The van der Waals surface area contributed by atoms with Gasteiger partial charge in [-0.3, -0.25) is 0 Å². The van der Waals surface area contributed by atoms with E-state index in [1.54, 1.807) is 12.7 Å². The maximum Gasteiger partial charge on any atom is 0.192 e. The first-order chi connectivity index (χ1) is 15.3. The van der Waals surface area contributed by atoms with Gasteiger partial charge in [-0.25, -0.2) is 0 Å². The maximum atomic E-state index is 7.07. The molecule has 2 aliphatic carbocycles. The predicted octanol–water partition coefficient (Wildman–Crippen LogP) is 8.89. The number of fused-ring (bicyclic) bond motifs is 1. The van der Waals surface area contributed by atoms with E-state index in [1.165, 1.54) is 57.8 Å². The molecule has 0 aromatic heterocycles. The number of ether oxygens (including phenoxy) is 2. The van der Waals surface area contributed by atoms with Crippen molar-refractivity contribution >= 4 is 8.32 Å². The number of methoxy groups -OCH3 is 1. The second kappa shape index (κ2) is 11.7. The zero-order chi connectivity index (χ0) is 24.9. The summed E-state index contributed by atoms with van der Waals surface area (Å²) in [6.45, 7) is 21.7. The van der Waals surface area contributed by atoms with Crippen LogP contribution in [0, 0.1) is 17.3 Å². The van der Waals surface area contributed by atoms with Gasteiger partial charge in [0.15, 0.2) is 8.32 Å². The smallest absolute Gasteiger partial charge is 0.192 e. The molecule has 0 saturated heterocycles. The van der Waals surface area contributed by atoms with Crippen LogP contribution in [0.4, 0.5) is 0 Å². The van der Waals surface area contributed by atoms with Crippen molar-refractivity contribution in [2.75, 3.05) is 13.9 Å². The van der Waals surface area contributed by atoms with E-state index in [2.05, 4.69) is 67.6 Å². The Bertz CT molecular complexity index is 633. The van der Waals surface area contributed by atoms with Gasteiger partial charge in [0.05, 0.1) is 5.60 Å². The van der Waals surface area contributed by atoms with Crippen molar-refractivity contribution in [1.29, 1.82) is 0 Å². The summed E-state index contributed by atoms with van der Waals surface area (Å²) in [6, 6.07) is 0. The molecule has 1 saturated carbocycles. The van der Waals surface area contributed by atoms with Crippen LogP contribution in [0.3, 0.4) is 0 Å². The van der Waals surface area contributed by atoms with Crippen molar-refractivity contribution in [3.8, 4) is 0 Å². The van der Waals surface area contributed by atoms with Gasteiger partial charge in [-0.2, -0.15) is 0 Å². The van der Waals surface area contributed by atoms with E-state index >= 15 is 0 Å². The van der Waals surface area contributed by atoms with E-state index in [4.69, 9.17) is 13.9 Å². The molecule has 1 fully saturated rings. The molecule has 4 atom stereocenters. The van der Waals surface area contributed by atoms with Gasteiger partial charge in [-0.1, -0.05) is 72.0 Å². The summed E-state index contributed by atoms with van der Waals surface area (Å²) in [5, 5.41) is 0.275. The molecular weight excluding hydrogens is 424 g/mol. The Hall–Kier alpha value is -0.163. The van der Waals surface area contributed by atoms with Crippen molar-refractivity contribution in [3.05, 3.63) is 11.6 Å². The molecule has 0 N–H and O–H groups in total. The van der Waals surface area contributed by atoms with Gasteiger partial charge in [0.1, 0.15) is 6.79 Å². The Morgan fingerprint density at radius 2 is 1.79 bits per heavy atom. The summed E-state index contributed by atoms with van der Waals surface area (Å²) >= 11 is 0. The van der Waals surface area contributed by atoms with Gasteiger partial charge in [-0.15, -0.1) is 0 Å². The van der Waals surface area contributed by atoms with E-state index in [-0.39, 0.29) is 10.6 Å². The third kappa shape index (κ3) is 7.41. The lowest BCUT2D eigenvalue weighted by molar-refractivity contribution is -0.118. The van der Waals surface area contributed by atoms with Crippen molar-refractivity contribution in [1.82, 2.24) is 0 Å². The molecule has 2 rings (SSSR count). The fourth-order valence-corrected chi connectivity index (χ4v) is 7.42. The third-order valence-corrected chi connectivity index (χ3v) is 13.7. The molecule has 0 aliphatic heterocycles. The van der Waals surface area contributed by atoms with E-state index in [1.807, 2.05) is 0 Å². The first kappa shape index (κ1) is 29.1. The molecule has 0 heterocycles. The average molecular weight is 481 g/mol. The zero-order valence-corrected chi connectivity index (χ0v) is 24.8. The van der Waals surface area contributed by atoms with Crippen molar-refractivity contribution < 1.29 is 13.9 Å². The first-order valence-electron chi connectivity index (χ1n) is 13.8. The van der Waals surface area contributed by atoms with Crippen LogP contribution in [0.25, 0.3) is 0 Å². The van der Waals surface area contributed by atoms with Crippen molar-refractivity contribution in [2.45, 2.75) is 143 Å². The average Bonchev–Trinajstić information content (AvgIpc) is 3.06. The molecule has 33 heavy (non-hydrogen) atoms. The second-order valence-corrected chi connectivity index (χ2v) is 18.0. The Balaban J connectivity index is 2.11. The highest BCUT2D eigenvalue weighted by molar-refractivity contribution is 6.74. The molecule has 0 bridgehead atoms. The van der Waals surface area contributed by atoms with Crippen LogP contribution < -0.4 is 0 Å². The largest absolute Gasteiger partial charge is 0.414 e. The molecule has 3 nitrogen and oxygen atoms in total. The van der Waals surface area contributed by atoms with Crippen molar-refractivity contribution in [3.63, 3.8) is 0 Å². The summed E-state index contributed by atoms with van der Waals surface area (Å²) in [4.78, 5) is 0. The molecule has 0 radical (unpaired) electrons. The summed E-state index contributed by atoms with van der Waals surface area (Å²) in [7, 11) is -0.0546. The Labute approximate surface area is 207 Å². The fourth-order valence-electron chi connectivity index (χ4n) is 6.02. The quantitative estimate of drug-likeness (QED) is 0.150. The van der Waals surface area contributed by atoms with Crippen LogP contribution in [0.1, 0.15) is 113 Å². The summed E-state index contributed by atoms with van der Waals surface area (Å²) in [6.07, 6.45) is 15.7. The summed E-state index contributed by atoms with van der Waals surface area (Å²) < 4.78 is 18.1. The molecular formula is C29H56O3Si. The number of allylic oxidation sites excluding steroid dienone is 2. The number of rotatable bonds is 13. The highest BCUT2D eigenvalue weighted by atomic mass is 28.4. The minimum absolute atomic E-state index is 0.116. The van der Waals surface area contributed by atoms with E-state index in [0.717, 1.165) is 6.42 Å². The van der Waals surface area contributed by atoms with Gasteiger partial charge in [0, 0.05) is 13.2 Å². The van der Waals surface area contributed by atoms with Crippen LogP contribution in [-0.4, -0.2) is 33.9 Å². The topological polar surface area (TPSA) is 27.7 Å². The Morgan fingerprint density at radius 1 is 1.12 bits per heavy atom. The molecule has 2 unspecified atom stereocenters. The lowest BCUT2D eigenvalue weighted by atomic mass is 9.62. The lowest BCUT2D eigenvalue weighted by Gasteiger charge is -2.49. The van der Waals surface area contributed by atoms with Crippen LogP contribution in [0.15, 0.2) is 11.6 Å². The van der Waals surface area contributed by atoms with Crippen LogP contribution in [0.2, 0.25) is 18.1 Å². The molecule has 0 aromatic carbocycles. The van der Waals surface area contributed by atoms with E-state index in [0.29, 0.717) is 30.1 Å². The van der Waals surface area contributed by atoms with Crippen LogP contribution in [0.5, 0.6) is 0 Å². The molecule has 2 aliphatic rings. The van der Waals surface area contributed by atoms with E-state index in [9.17, 15) is 0 Å².